The molecule has 3 aromatic carbocycles. The van der Waals surface area contributed by atoms with Crippen LogP contribution >= 0.6 is 11.3 Å². The number of fused-ring (bicyclic) bond motifs is 1. The first-order valence-electron chi connectivity index (χ1n) is 13.8. The van der Waals surface area contributed by atoms with Crippen LogP contribution in [-0.2, 0) is 11.2 Å². The highest BCUT2D eigenvalue weighted by atomic mass is 32.1. The highest BCUT2D eigenvalue weighted by molar-refractivity contribution is 7.14. The minimum atomic E-state index is -0.604. The quantitative estimate of drug-likeness (QED) is 0.223. The van der Waals surface area contributed by atoms with Crippen LogP contribution in [0.3, 0.4) is 0 Å². The second-order valence-electron chi connectivity index (χ2n) is 11.0. The van der Waals surface area contributed by atoms with E-state index in [1.54, 1.807) is 18.6 Å². The van der Waals surface area contributed by atoms with Crippen LogP contribution < -0.4 is 10.6 Å². The Morgan fingerprint density at radius 2 is 1.73 bits per heavy atom. The molecule has 2 bridgehead atoms. The number of hydrogen-bond acceptors (Lipinski definition) is 5. The Bertz CT molecular complexity index is 1710. The van der Waals surface area contributed by atoms with Crippen LogP contribution in [0.4, 0.5) is 5.13 Å². The van der Waals surface area contributed by atoms with E-state index in [-0.39, 0.29) is 23.7 Å². The number of imidazole rings is 1. The molecule has 0 saturated heterocycles. The van der Waals surface area contributed by atoms with E-state index in [4.69, 9.17) is 4.98 Å². The Kier molecular flexibility index (Phi) is 6.27. The smallest absolute Gasteiger partial charge is 0.251 e. The van der Waals surface area contributed by atoms with Crippen molar-refractivity contribution in [1.82, 2.24) is 20.3 Å². The average molecular weight is 560 g/mol. The number of hydrogen-bond donors (Lipinski definition) is 3. The average Bonchev–Trinajstić information content (AvgIpc) is 3.70. The molecule has 1 atom stereocenters. The minimum Gasteiger partial charge on any atom is -0.352 e. The monoisotopic (exact) mass is 559 g/mol. The van der Waals surface area contributed by atoms with Crippen LogP contribution in [0, 0.1) is 5.41 Å². The maximum Gasteiger partial charge on any atom is 0.251 e. The molecule has 7 nitrogen and oxygen atoms in total. The summed E-state index contributed by atoms with van der Waals surface area (Å²) in [6.45, 7) is 2.60. The zero-order valence-electron chi connectivity index (χ0n) is 22.6. The number of anilines is 1. The molecule has 3 aliphatic carbocycles. The number of benzene rings is 3. The third kappa shape index (κ3) is 4.44. The molecular formula is C33H29N5O2S. The first-order chi connectivity index (χ1) is 20.0. The van der Waals surface area contributed by atoms with Crippen molar-refractivity contribution in [2.24, 2.45) is 5.41 Å². The number of amides is 2. The van der Waals surface area contributed by atoms with E-state index in [2.05, 4.69) is 76.1 Å². The third-order valence-electron chi connectivity index (χ3n) is 8.53. The molecule has 2 amide bonds. The summed E-state index contributed by atoms with van der Waals surface area (Å²) >= 11 is 1.40. The number of H-pyrrole nitrogens is 1. The summed E-state index contributed by atoms with van der Waals surface area (Å²) in [7, 11) is 0. The van der Waals surface area contributed by atoms with Crippen molar-refractivity contribution < 1.29 is 9.59 Å². The predicted octanol–water partition coefficient (Wildman–Crippen LogP) is 6.13. The third-order valence-corrected chi connectivity index (χ3v) is 9.29. The van der Waals surface area contributed by atoms with Crippen LogP contribution in [0.5, 0.6) is 0 Å². The second kappa shape index (κ2) is 10.1. The number of carbonyl (C=O) groups is 2. The Morgan fingerprint density at radius 3 is 2.44 bits per heavy atom. The van der Waals surface area contributed by atoms with Gasteiger partial charge >= 0.3 is 0 Å². The number of aromatic nitrogens is 3. The van der Waals surface area contributed by atoms with E-state index in [0.717, 1.165) is 23.4 Å². The molecule has 0 saturated carbocycles. The molecule has 204 valence electrons. The van der Waals surface area contributed by atoms with E-state index >= 15 is 0 Å². The normalized spacial score (nSPS) is 20.2. The zero-order chi connectivity index (χ0) is 28.0. The van der Waals surface area contributed by atoms with Gasteiger partial charge in [0.2, 0.25) is 5.91 Å². The van der Waals surface area contributed by atoms with Crippen molar-refractivity contribution in [1.29, 1.82) is 0 Å². The molecule has 0 spiro atoms. The van der Waals surface area contributed by atoms with Gasteiger partial charge in [-0.1, -0.05) is 60.7 Å². The Morgan fingerprint density at radius 1 is 1.00 bits per heavy atom. The van der Waals surface area contributed by atoms with Crippen molar-refractivity contribution in [2.75, 3.05) is 11.9 Å². The van der Waals surface area contributed by atoms with E-state index in [1.807, 2.05) is 23.6 Å². The molecule has 8 heteroatoms. The standard InChI is InChI=1S/C33H29N5O2S/c1-33(16-27-23-9-2-4-11-25(23)29(33)26-12-5-3-10-24(26)27)31(40)38-32-37-28(18-41-32)20-7-6-8-21(15-20)30(39)35-14-13-22-17-34-19-36-22/h2-12,15,17-19,27,29H,13-14,16H2,1H3,(H,34,36)(H,35,39)(H,37,38,40). The van der Waals surface area contributed by atoms with Crippen LogP contribution in [0.15, 0.2) is 90.7 Å². The minimum absolute atomic E-state index is 0.0113. The lowest BCUT2D eigenvalue weighted by atomic mass is 9.52. The van der Waals surface area contributed by atoms with E-state index in [9.17, 15) is 9.59 Å². The molecule has 0 radical (unpaired) electrons. The Hall–Kier alpha value is -4.56. The van der Waals surface area contributed by atoms with E-state index in [0.29, 0.717) is 23.7 Å². The van der Waals surface area contributed by atoms with Gasteiger partial charge in [0.1, 0.15) is 0 Å². The van der Waals surface area contributed by atoms with Gasteiger partial charge in [-0.3, -0.25) is 9.59 Å². The number of nitrogens with zero attached hydrogens (tertiary/aromatic N) is 2. The van der Waals surface area contributed by atoms with Gasteiger partial charge in [0.05, 0.1) is 17.4 Å². The molecule has 5 aromatic rings. The number of carbonyl (C=O) groups excluding carboxylic acids is 2. The van der Waals surface area contributed by atoms with E-state index in [1.165, 1.54) is 33.6 Å². The summed E-state index contributed by atoms with van der Waals surface area (Å²) in [5.41, 5.74) is 7.66. The van der Waals surface area contributed by atoms with E-state index < -0.39 is 5.41 Å². The Balaban J connectivity index is 1.08. The lowest BCUT2D eigenvalue weighted by Crippen LogP contribution is -2.47. The zero-order valence-corrected chi connectivity index (χ0v) is 23.4. The molecule has 2 aromatic heterocycles. The van der Waals surface area contributed by atoms with Crippen LogP contribution in [0.2, 0.25) is 0 Å². The highest BCUT2D eigenvalue weighted by Crippen LogP contribution is 2.61. The Labute approximate surface area is 242 Å². The second-order valence-corrected chi connectivity index (χ2v) is 11.9. The molecule has 41 heavy (non-hydrogen) atoms. The molecule has 8 rings (SSSR count). The van der Waals surface area contributed by atoms with Gasteiger partial charge in [-0.2, -0.15) is 0 Å². The summed E-state index contributed by atoms with van der Waals surface area (Å²) in [5.74, 6) is 0.0323. The molecule has 3 aliphatic rings. The summed E-state index contributed by atoms with van der Waals surface area (Å²) < 4.78 is 0. The van der Waals surface area contributed by atoms with Gasteiger partial charge < -0.3 is 15.6 Å². The number of nitrogens with one attached hydrogen (secondary N) is 3. The first-order valence-corrected chi connectivity index (χ1v) is 14.7. The maximum absolute atomic E-state index is 14.0. The van der Waals surface area contributed by atoms with Gasteiger partial charge in [-0.15, -0.1) is 11.3 Å². The SMILES string of the molecule is CC1(C(=O)Nc2nc(-c3cccc(C(=O)NCCc4cnc[nH]4)c3)cs2)CC2c3ccccc3C1c1ccccc12. The number of rotatable bonds is 7. The van der Waals surface area contributed by atoms with Crippen molar-refractivity contribution in [3.05, 3.63) is 124 Å². The van der Waals surface area contributed by atoms with Gasteiger partial charge in [-0.25, -0.2) is 9.97 Å². The fourth-order valence-corrected chi connectivity index (χ4v) is 7.26. The lowest BCUT2D eigenvalue weighted by Gasteiger charge is -2.50. The van der Waals surface area contributed by atoms with Crippen LogP contribution in [0.25, 0.3) is 11.3 Å². The molecule has 2 heterocycles. The van der Waals surface area contributed by atoms with Gasteiger partial charge in [0, 0.05) is 53.2 Å². The van der Waals surface area contributed by atoms with Gasteiger partial charge in [-0.05, 0) is 47.7 Å². The topological polar surface area (TPSA) is 99.8 Å². The fourth-order valence-electron chi connectivity index (χ4n) is 6.55. The van der Waals surface area contributed by atoms with Crippen molar-refractivity contribution in [3.63, 3.8) is 0 Å². The highest BCUT2D eigenvalue weighted by Gasteiger charge is 2.54. The van der Waals surface area contributed by atoms with Gasteiger partial charge in [0.15, 0.2) is 5.13 Å². The van der Waals surface area contributed by atoms with Crippen LogP contribution in [-0.4, -0.2) is 33.3 Å². The summed E-state index contributed by atoms with van der Waals surface area (Å²) in [5, 5.41) is 8.58. The van der Waals surface area contributed by atoms with Gasteiger partial charge in [0.25, 0.3) is 5.91 Å². The first kappa shape index (κ1) is 25.4. The van der Waals surface area contributed by atoms with Crippen molar-refractivity contribution in [2.45, 2.75) is 31.6 Å². The molecule has 3 N–H and O–H groups in total. The van der Waals surface area contributed by atoms with Crippen LogP contribution in [0.1, 0.15) is 63.5 Å². The summed E-state index contributed by atoms with van der Waals surface area (Å²) in [6.07, 6.45) is 4.82. The molecule has 0 fully saturated rings. The summed E-state index contributed by atoms with van der Waals surface area (Å²) in [4.78, 5) is 38.5. The fraction of sp³-hybridized carbons (Fsp3) is 0.212. The lowest BCUT2D eigenvalue weighted by molar-refractivity contribution is -0.126. The predicted molar refractivity (Wildman–Crippen MR) is 160 cm³/mol. The van der Waals surface area contributed by atoms with Crippen molar-refractivity contribution in [3.8, 4) is 11.3 Å². The summed E-state index contributed by atoms with van der Waals surface area (Å²) in [6, 6.07) is 24.5. The number of thiazole rings is 1. The van der Waals surface area contributed by atoms with Crippen molar-refractivity contribution >= 4 is 28.3 Å². The largest absolute Gasteiger partial charge is 0.352 e. The molecule has 0 aliphatic heterocycles. The maximum atomic E-state index is 14.0. The number of aromatic amines is 1. The molecule has 1 unspecified atom stereocenters. The molecular weight excluding hydrogens is 530 g/mol.